The van der Waals surface area contributed by atoms with E-state index in [-0.39, 0.29) is 0 Å². The molecule has 0 saturated carbocycles. The fraction of sp³-hybridized carbons (Fsp3) is 0. The Morgan fingerprint density at radius 1 is 1.43 bits per heavy atom. The highest BCUT2D eigenvalue weighted by atomic mass is 32.1. The molecule has 68 valence electrons. The van der Waals surface area contributed by atoms with Gasteiger partial charge in [0.2, 0.25) is 0 Å². The molecule has 1 heterocycles. The largest absolute Gasteiger partial charge is 0.472 e. The van der Waals surface area contributed by atoms with E-state index >= 15 is 0 Å². The van der Waals surface area contributed by atoms with Crippen molar-refractivity contribution in [2.75, 3.05) is 0 Å². The molecule has 14 heavy (non-hydrogen) atoms. The second kappa shape index (κ2) is 3.48. The van der Waals surface area contributed by atoms with E-state index in [0.29, 0.717) is 5.01 Å². The van der Waals surface area contributed by atoms with Gasteiger partial charge >= 0.3 is 5.97 Å². The standard InChI is InChI=1S/C10H5NO2S/c12-10(13)6-5-9-11-7-3-1-2-4-8(7)14-9/h1-4H,(H,12,13). The smallest absolute Gasteiger partial charge is 0.382 e. The Morgan fingerprint density at radius 2 is 2.21 bits per heavy atom. The Balaban J connectivity index is 2.47. The summed E-state index contributed by atoms with van der Waals surface area (Å²) in [6.45, 7) is 0. The van der Waals surface area contributed by atoms with Gasteiger partial charge in [0.15, 0.2) is 5.01 Å². The zero-order chi connectivity index (χ0) is 9.97. The highest BCUT2D eigenvalue weighted by molar-refractivity contribution is 7.19. The molecule has 3 nitrogen and oxygen atoms in total. The van der Waals surface area contributed by atoms with Crippen molar-refractivity contribution < 1.29 is 9.90 Å². The molecule has 0 fully saturated rings. The summed E-state index contributed by atoms with van der Waals surface area (Å²) in [7, 11) is 0. The molecule has 0 amide bonds. The first-order valence-corrected chi connectivity index (χ1v) is 4.68. The quantitative estimate of drug-likeness (QED) is 0.663. The van der Waals surface area contributed by atoms with Crippen LogP contribution < -0.4 is 0 Å². The van der Waals surface area contributed by atoms with E-state index in [9.17, 15) is 4.79 Å². The zero-order valence-electron chi connectivity index (χ0n) is 7.02. The van der Waals surface area contributed by atoms with Crippen LogP contribution in [0.3, 0.4) is 0 Å². The normalized spacial score (nSPS) is 9.43. The van der Waals surface area contributed by atoms with Crippen LogP contribution in [0.1, 0.15) is 5.01 Å². The van der Waals surface area contributed by atoms with Crippen LogP contribution in [0, 0.1) is 11.8 Å². The van der Waals surface area contributed by atoms with Gasteiger partial charge in [-0.15, -0.1) is 11.3 Å². The lowest BCUT2D eigenvalue weighted by atomic mass is 10.3. The van der Waals surface area contributed by atoms with Gasteiger partial charge in [-0.25, -0.2) is 9.78 Å². The summed E-state index contributed by atoms with van der Waals surface area (Å²) >= 11 is 1.39. The van der Waals surface area contributed by atoms with E-state index in [1.54, 1.807) is 0 Å². The third kappa shape index (κ3) is 1.73. The molecule has 2 aromatic rings. The third-order valence-corrected chi connectivity index (χ3v) is 2.52. The summed E-state index contributed by atoms with van der Waals surface area (Å²) < 4.78 is 1.02. The van der Waals surface area contributed by atoms with Crippen molar-refractivity contribution in [1.82, 2.24) is 4.98 Å². The molecule has 0 aliphatic carbocycles. The second-order valence-electron chi connectivity index (χ2n) is 2.54. The average molecular weight is 203 g/mol. The number of carboxylic acid groups (broad SMARTS) is 1. The SMILES string of the molecule is O=C(O)C#Cc1nc2ccccc2s1. The molecule has 4 heteroatoms. The van der Waals surface area contributed by atoms with Gasteiger partial charge < -0.3 is 5.11 Å². The maximum atomic E-state index is 10.2. The number of carbonyl (C=O) groups is 1. The number of hydrogen-bond acceptors (Lipinski definition) is 3. The number of aliphatic carboxylic acids is 1. The van der Waals surface area contributed by atoms with E-state index in [2.05, 4.69) is 10.9 Å². The minimum Gasteiger partial charge on any atom is -0.472 e. The summed E-state index contributed by atoms with van der Waals surface area (Å²) in [5.41, 5.74) is 0.854. The first-order chi connectivity index (χ1) is 6.75. The number of carboxylic acids is 1. The molecule has 0 unspecified atom stereocenters. The summed E-state index contributed by atoms with van der Waals surface area (Å²) in [5, 5.41) is 8.89. The van der Waals surface area contributed by atoms with Crippen LogP contribution in [0.4, 0.5) is 0 Å². The van der Waals surface area contributed by atoms with Gasteiger partial charge in [0, 0.05) is 5.92 Å². The first kappa shape index (κ1) is 8.73. The lowest BCUT2D eigenvalue weighted by molar-refractivity contribution is -0.130. The van der Waals surface area contributed by atoms with Crippen LogP contribution in [0.2, 0.25) is 0 Å². The Kier molecular flexibility index (Phi) is 2.17. The van der Waals surface area contributed by atoms with E-state index in [1.165, 1.54) is 11.3 Å². The maximum absolute atomic E-state index is 10.2. The molecular weight excluding hydrogens is 198 g/mol. The third-order valence-electron chi connectivity index (χ3n) is 1.57. The number of rotatable bonds is 0. The van der Waals surface area contributed by atoms with Gasteiger partial charge in [0.25, 0.3) is 0 Å². The molecule has 1 aromatic heterocycles. The molecule has 0 atom stereocenters. The van der Waals surface area contributed by atoms with Gasteiger partial charge in [-0.2, -0.15) is 0 Å². The fourth-order valence-electron chi connectivity index (χ4n) is 1.03. The molecule has 0 spiro atoms. The molecule has 0 radical (unpaired) electrons. The number of nitrogens with zero attached hydrogens (tertiary/aromatic N) is 1. The summed E-state index contributed by atoms with van der Waals surface area (Å²) in [4.78, 5) is 14.4. The Labute approximate surface area is 84.0 Å². The van der Waals surface area contributed by atoms with Crippen molar-refractivity contribution in [3.63, 3.8) is 0 Å². The van der Waals surface area contributed by atoms with Crippen LogP contribution in [-0.4, -0.2) is 16.1 Å². The molecule has 2 rings (SSSR count). The Bertz CT molecular complexity index is 515. The summed E-state index contributed by atoms with van der Waals surface area (Å²) in [6, 6.07) is 7.60. The average Bonchev–Trinajstić information content (AvgIpc) is 2.57. The van der Waals surface area contributed by atoms with Gasteiger partial charge in [0.1, 0.15) is 0 Å². The number of aromatic nitrogens is 1. The zero-order valence-corrected chi connectivity index (χ0v) is 7.84. The number of thiazole rings is 1. The van der Waals surface area contributed by atoms with E-state index in [4.69, 9.17) is 5.11 Å². The molecule has 1 aromatic carbocycles. The summed E-state index contributed by atoms with van der Waals surface area (Å²) in [6.07, 6.45) is 0. The number of benzene rings is 1. The molecule has 0 saturated heterocycles. The van der Waals surface area contributed by atoms with Crippen LogP contribution in [-0.2, 0) is 4.79 Å². The highest BCUT2D eigenvalue weighted by Gasteiger charge is 1.99. The predicted molar refractivity (Wildman–Crippen MR) is 54.1 cm³/mol. The van der Waals surface area contributed by atoms with Gasteiger partial charge in [-0.1, -0.05) is 12.1 Å². The number of hydrogen-bond donors (Lipinski definition) is 1. The van der Waals surface area contributed by atoms with Crippen molar-refractivity contribution in [2.24, 2.45) is 0 Å². The lowest BCUT2D eigenvalue weighted by Crippen LogP contribution is -1.86. The molecule has 0 aliphatic rings. The van der Waals surface area contributed by atoms with E-state index in [1.807, 2.05) is 30.2 Å². The van der Waals surface area contributed by atoms with Crippen molar-refractivity contribution in [1.29, 1.82) is 0 Å². The van der Waals surface area contributed by atoms with Crippen molar-refractivity contribution in [3.8, 4) is 11.8 Å². The topological polar surface area (TPSA) is 50.2 Å². The minimum absolute atomic E-state index is 0.536. The van der Waals surface area contributed by atoms with Crippen LogP contribution in [0.25, 0.3) is 10.2 Å². The van der Waals surface area contributed by atoms with Gasteiger partial charge in [-0.3, -0.25) is 0 Å². The molecular formula is C10H5NO2S. The highest BCUT2D eigenvalue weighted by Crippen LogP contribution is 2.20. The van der Waals surface area contributed by atoms with Gasteiger partial charge in [-0.05, 0) is 18.1 Å². The predicted octanol–water partition coefficient (Wildman–Crippen LogP) is 1.73. The summed E-state index contributed by atoms with van der Waals surface area (Å²) in [5.74, 6) is 3.39. The molecule has 0 bridgehead atoms. The molecule has 0 aliphatic heterocycles. The van der Waals surface area contributed by atoms with Crippen LogP contribution >= 0.6 is 11.3 Å². The van der Waals surface area contributed by atoms with Crippen LogP contribution in [0.5, 0.6) is 0 Å². The monoisotopic (exact) mass is 203 g/mol. The molecule has 1 N–H and O–H groups in total. The van der Waals surface area contributed by atoms with Crippen molar-refractivity contribution in [3.05, 3.63) is 29.3 Å². The minimum atomic E-state index is -1.13. The second-order valence-corrected chi connectivity index (χ2v) is 3.57. The number of fused-ring (bicyclic) bond motifs is 1. The Hall–Kier alpha value is -1.86. The van der Waals surface area contributed by atoms with E-state index < -0.39 is 5.97 Å². The number of para-hydroxylation sites is 1. The van der Waals surface area contributed by atoms with Gasteiger partial charge in [0.05, 0.1) is 10.2 Å². The van der Waals surface area contributed by atoms with E-state index in [0.717, 1.165) is 10.2 Å². The van der Waals surface area contributed by atoms with Crippen molar-refractivity contribution in [2.45, 2.75) is 0 Å². The first-order valence-electron chi connectivity index (χ1n) is 3.86. The Morgan fingerprint density at radius 3 is 2.93 bits per heavy atom. The van der Waals surface area contributed by atoms with Crippen LogP contribution in [0.15, 0.2) is 24.3 Å². The maximum Gasteiger partial charge on any atom is 0.382 e. The lowest BCUT2D eigenvalue weighted by Gasteiger charge is -1.80. The fourth-order valence-corrected chi connectivity index (χ4v) is 1.85. The van der Waals surface area contributed by atoms with Crippen molar-refractivity contribution >= 4 is 27.5 Å².